The Morgan fingerprint density at radius 3 is 2.56 bits per heavy atom. The number of hydrogen-bond acceptors (Lipinski definition) is 4. The molecule has 7 heteroatoms. The number of benzene rings is 2. The van der Waals surface area contributed by atoms with Crippen molar-refractivity contribution in [2.45, 2.75) is 32.9 Å². The molecule has 0 spiro atoms. The summed E-state index contributed by atoms with van der Waals surface area (Å²) < 4.78 is 7.15. The molecule has 1 aliphatic heterocycles. The molecule has 2 heterocycles. The van der Waals surface area contributed by atoms with Gasteiger partial charge in [0.05, 0.1) is 13.2 Å². The van der Waals surface area contributed by atoms with Gasteiger partial charge in [0.1, 0.15) is 5.54 Å². The smallest absolute Gasteiger partial charge is 0.325 e. The number of rotatable bonds is 7. The zero-order chi connectivity index (χ0) is 23.0. The molecular weight excluding hydrogens is 406 g/mol. The van der Waals surface area contributed by atoms with Crippen molar-refractivity contribution in [1.82, 2.24) is 14.8 Å². The molecule has 1 atom stereocenters. The zero-order valence-electron chi connectivity index (χ0n) is 18.8. The van der Waals surface area contributed by atoms with Crippen LogP contribution in [0.25, 0.3) is 10.8 Å². The molecule has 0 saturated carbocycles. The maximum absolute atomic E-state index is 13.4. The number of carbonyl (C=O) groups excluding carboxylic acids is 3. The van der Waals surface area contributed by atoms with Crippen molar-refractivity contribution in [2.75, 3.05) is 20.3 Å². The summed E-state index contributed by atoms with van der Waals surface area (Å²) in [6.45, 7) is 6.33. The number of ether oxygens (including phenoxy) is 1. The van der Waals surface area contributed by atoms with Crippen LogP contribution in [0, 0.1) is 13.8 Å². The highest BCUT2D eigenvalue weighted by Crippen LogP contribution is 2.34. The standard InChI is InChI=1S/C25H27N3O4/c1-16-14-20(17(2)27(16)12-13-32-4)22(29)15-28-23(30)25(3,26-24(28)31)21-11-7-9-18-8-5-6-10-19(18)21/h5-11,14H,12-13,15H2,1-4H3,(H,26,31)/t25-/m1/s1. The van der Waals surface area contributed by atoms with E-state index in [0.29, 0.717) is 24.3 Å². The molecule has 0 aliphatic carbocycles. The average molecular weight is 434 g/mol. The van der Waals surface area contributed by atoms with Crippen LogP contribution < -0.4 is 5.32 Å². The van der Waals surface area contributed by atoms with Gasteiger partial charge >= 0.3 is 6.03 Å². The Hall–Kier alpha value is -3.45. The van der Waals surface area contributed by atoms with E-state index in [1.54, 1.807) is 20.1 Å². The maximum atomic E-state index is 13.4. The molecular formula is C25H27N3O4. The van der Waals surface area contributed by atoms with Gasteiger partial charge in [-0.05, 0) is 43.2 Å². The number of amides is 3. The first-order chi connectivity index (χ1) is 15.3. The Morgan fingerprint density at radius 2 is 1.81 bits per heavy atom. The minimum absolute atomic E-state index is 0.271. The first-order valence-corrected chi connectivity index (χ1v) is 10.6. The number of methoxy groups -OCH3 is 1. The molecule has 3 aromatic rings. The Labute approximate surface area is 187 Å². The van der Waals surface area contributed by atoms with Crippen molar-refractivity contribution in [3.63, 3.8) is 0 Å². The normalized spacial score (nSPS) is 18.4. The number of aryl methyl sites for hydroxylation is 1. The first kappa shape index (κ1) is 21.8. The van der Waals surface area contributed by atoms with Crippen LogP contribution in [0.1, 0.15) is 34.2 Å². The molecule has 3 amide bonds. The highest BCUT2D eigenvalue weighted by Gasteiger charge is 2.50. The van der Waals surface area contributed by atoms with Crippen LogP contribution in [0.15, 0.2) is 48.5 Å². The molecule has 4 rings (SSSR count). The minimum Gasteiger partial charge on any atom is -0.383 e. The molecule has 0 radical (unpaired) electrons. The highest BCUT2D eigenvalue weighted by molar-refractivity contribution is 6.12. The summed E-state index contributed by atoms with van der Waals surface area (Å²) >= 11 is 0. The average Bonchev–Trinajstić information content (AvgIpc) is 3.19. The fourth-order valence-corrected chi connectivity index (χ4v) is 4.52. The van der Waals surface area contributed by atoms with Crippen LogP contribution in [-0.2, 0) is 21.6 Å². The summed E-state index contributed by atoms with van der Waals surface area (Å²) in [5, 5.41) is 4.69. The van der Waals surface area contributed by atoms with Gasteiger partial charge in [0.15, 0.2) is 5.78 Å². The van der Waals surface area contributed by atoms with Crippen LogP contribution in [0.3, 0.4) is 0 Å². The van der Waals surface area contributed by atoms with E-state index in [-0.39, 0.29) is 12.3 Å². The first-order valence-electron chi connectivity index (χ1n) is 10.6. The van der Waals surface area contributed by atoms with Crippen molar-refractivity contribution in [3.8, 4) is 0 Å². The largest absolute Gasteiger partial charge is 0.383 e. The van der Waals surface area contributed by atoms with Crippen LogP contribution in [0.4, 0.5) is 4.79 Å². The van der Waals surface area contributed by atoms with Crippen molar-refractivity contribution >= 4 is 28.5 Å². The summed E-state index contributed by atoms with van der Waals surface area (Å²) in [6.07, 6.45) is 0. The Bertz CT molecular complexity index is 1220. The third-order valence-electron chi connectivity index (χ3n) is 6.30. The summed E-state index contributed by atoms with van der Waals surface area (Å²) in [7, 11) is 1.63. The predicted molar refractivity (Wildman–Crippen MR) is 122 cm³/mol. The van der Waals surface area contributed by atoms with Crippen molar-refractivity contribution in [3.05, 3.63) is 71.0 Å². The lowest BCUT2D eigenvalue weighted by atomic mass is 9.88. The third kappa shape index (κ3) is 3.48. The molecule has 0 bridgehead atoms. The third-order valence-corrected chi connectivity index (χ3v) is 6.30. The summed E-state index contributed by atoms with van der Waals surface area (Å²) in [5.41, 5.74) is 1.71. The van der Waals surface area contributed by atoms with Crippen molar-refractivity contribution in [1.29, 1.82) is 0 Å². The van der Waals surface area contributed by atoms with Gasteiger partial charge in [-0.3, -0.25) is 14.5 Å². The van der Waals surface area contributed by atoms with Crippen LogP contribution in [-0.4, -0.2) is 47.4 Å². The lowest BCUT2D eigenvalue weighted by Crippen LogP contribution is -2.41. The van der Waals surface area contributed by atoms with Gasteiger partial charge in [-0.2, -0.15) is 0 Å². The summed E-state index contributed by atoms with van der Waals surface area (Å²) in [4.78, 5) is 40.3. The Kier molecular flexibility index (Phi) is 5.60. The number of imide groups is 1. The van der Waals surface area contributed by atoms with E-state index >= 15 is 0 Å². The van der Waals surface area contributed by atoms with Gasteiger partial charge in [-0.25, -0.2) is 4.79 Å². The molecule has 1 saturated heterocycles. The lowest BCUT2D eigenvalue weighted by molar-refractivity contribution is -0.130. The second kappa shape index (κ2) is 8.24. The van der Waals surface area contributed by atoms with E-state index < -0.39 is 17.5 Å². The second-order valence-corrected chi connectivity index (χ2v) is 8.33. The molecule has 2 aromatic carbocycles. The fraction of sp³-hybridized carbons (Fsp3) is 0.320. The fourth-order valence-electron chi connectivity index (χ4n) is 4.52. The summed E-state index contributed by atoms with van der Waals surface area (Å²) in [5.74, 6) is -0.701. The minimum atomic E-state index is -1.24. The SMILES string of the molecule is COCCn1c(C)cc(C(=O)CN2C(=O)N[C@](C)(c3cccc4ccccc34)C2=O)c1C. The molecule has 7 nitrogen and oxygen atoms in total. The monoisotopic (exact) mass is 433 g/mol. The Morgan fingerprint density at radius 1 is 1.09 bits per heavy atom. The maximum Gasteiger partial charge on any atom is 0.325 e. The van der Waals surface area contributed by atoms with Gasteiger partial charge in [0, 0.05) is 30.6 Å². The number of fused-ring (bicyclic) bond motifs is 1. The van der Waals surface area contributed by atoms with Gasteiger partial charge in [0.2, 0.25) is 0 Å². The molecule has 0 unspecified atom stereocenters. The van der Waals surface area contributed by atoms with E-state index in [1.807, 2.05) is 60.9 Å². The second-order valence-electron chi connectivity index (χ2n) is 8.33. The van der Waals surface area contributed by atoms with E-state index in [1.165, 1.54) is 0 Å². The molecule has 32 heavy (non-hydrogen) atoms. The van der Waals surface area contributed by atoms with Crippen molar-refractivity contribution in [2.24, 2.45) is 0 Å². The van der Waals surface area contributed by atoms with Crippen LogP contribution >= 0.6 is 0 Å². The van der Waals surface area contributed by atoms with Gasteiger partial charge in [0.25, 0.3) is 5.91 Å². The number of Topliss-reactive ketones (excluding diaryl/α,β-unsaturated/α-hetero) is 1. The van der Waals surface area contributed by atoms with Crippen LogP contribution in [0.5, 0.6) is 0 Å². The topological polar surface area (TPSA) is 80.6 Å². The number of nitrogens with zero attached hydrogens (tertiary/aromatic N) is 2. The van der Waals surface area contributed by atoms with Gasteiger partial charge in [-0.1, -0.05) is 42.5 Å². The predicted octanol–water partition coefficient (Wildman–Crippen LogP) is 3.55. The summed E-state index contributed by atoms with van der Waals surface area (Å²) in [6, 6.07) is 14.6. The molecule has 1 fully saturated rings. The molecule has 1 N–H and O–H groups in total. The van der Waals surface area contributed by atoms with Gasteiger partial charge < -0.3 is 14.6 Å². The molecule has 166 valence electrons. The number of nitrogens with one attached hydrogen (secondary N) is 1. The van der Waals surface area contributed by atoms with Crippen molar-refractivity contribution < 1.29 is 19.1 Å². The number of hydrogen-bond donors (Lipinski definition) is 1. The van der Waals surface area contributed by atoms with E-state index in [0.717, 1.165) is 27.1 Å². The molecule has 1 aliphatic rings. The zero-order valence-corrected chi connectivity index (χ0v) is 18.8. The number of urea groups is 1. The number of aromatic nitrogens is 1. The number of ketones is 1. The number of carbonyl (C=O) groups is 3. The Balaban J connectivity index is 1.62. The van der Waals surface area contributed by atoms with Crippen LogP contribution in [0.2, 0.25) is 0 Å². The van der Waals surface area contributed by atoms with E-state index in [4.69, 9.17) is 4.74 Å². The van der Waals surface area contributed by atoms with E-state index in [9.17, 15) is 14.4 Å². The highest BCUT2D eigenvalue weighted by atomic mass is 16.5. The van der Waals surface area contributed by atoms with E-state index in [2.05, 4.69) is 5.32 Å². The quantitative estimate of drug-likeness (QED) is 0.456. The molecule has 1 aromatic heterocycles. The lowest BCUT2D eigenvalue weighted by Gasteiger charge is -2.24. The van der Waals surface area contributed by atoms with Gasteiger partial charge in [-0.15, -0.1) is 0 Å².